The summed E-state index contributed by atoms with van der Waals surface area (Å²) < 4.78 is 5.03. The minimum absolute atomic E-state index is 0.0242. The number of ether oxygens (including phenoxy) is 1. The molecule has 2 unspecified atom stereocenters. The lowest BCUT2D eigenvalue weighted by molar-refractivity contribution is -0.171. The molecule has 1 spiro atoms. The fourth-order valence-corrected chi connectivity index (χ4v) is 2.70. The Morgan fingerprint density at radius 2 is 2.31 bits per heavy atom. The third kappa shape index (κ3) is 1.10. The van der Waals surface area contributed by atoms with Crippen LogP contribution >= 0.6 is 0 Å². The second-order valence-corrected chi connectivity index (χ2v) is 4.23. The van der Waals surface area contributed by atoms with Crippen molar-refractivity contribution in [2.45, 2.75) is 38.6 Å². The van der Waals surface area contributed by atoms with E-state index in [2.05, 4.69) is 0 Å². The number of carbonyl (C=O) groups excluding carboxylic acids is 1. The SMILES string of the molecule is CCOC(=O)C1CC(N)C12CCC2. The predicted molar refractivity (Wildman–Crippen MR) is 49.0 cm³/mol. The Labute approximate surface area is 78.6 Å². The van der Waals surface area contributed by atoms with Crippen molar-refractivity contribution in [1.29, 1.82) is 0 Å². The average Bonchev–Trinajstić information content (AvgIpc) is 1.97. The lowest BCUT2D eigenvalue weighted by Gasteiger charge is -2.59. The number of rotatable bonds is 2. The fourth-order valence-electron chi connectivity index (χ4n) is 2.70. The van der Waals surface area contributed by atoms with Crippen molar-refractivity contribution >= 4 is 5.97 Å². The van der Waals surface area contributed by atoms with E-state index in [9.17, 15) is 4.79 Å². The van der Waals surface area contributed by atoms with Gasteiger partial charge in [-0.25, -0.2) is 0 Å². The maximum Gasteiger partial charge on any atom is 0.309 e. The van der Waals surface area contributed by atoms with E-state index >= 15 is 0 Å². The van der Waals surface area contributed by atoms with E-state index in [0.717, 1.165) is 19.3 Å². The smallest absolute Gasteiger partial charge is 0.309 e. The van der Waals surface area contributed by atoms with Gasteiger partial charge in [-0.2, -0.15) is 0 Å². The van der Waals surface area contributed by atoms with Gasteiger partial charge >= 0.3 is 5.97 Å². The van der Waals surface area contributed by atoms with Crippen LogP contribution in [0, 0.1) is 11.3 Å². The summed E-state index contributed by atoms with van der Waals surface area (Å²) in [6, 6.07) is 0.246. The standard InChI is InChI=1S/C10H17NO2/c1-2-13-9(12)7-6-8(11)10(7)4-3-5-10/h7-8H,2-6,11H2,1H3. The van der Waals surface area contributed by atoms with E-state index in [1.54, 1.807) is 0 Å². The molecular weight excluding hydrogens is 166 g/mol. The van der Waals surface area contributed by atoms with E-state index in [1.165, 1.54) is 6.42 Å². The Balaban J connectivity index is 1.98. The highest BCUT2D eigenvalue weighted by molar-refractivity contribution is 5.75. The third-order valence-electron chi connectivity index (χ3n) is 3.78. The maximum absolute atomic E-state index is 11.5. The lowest BCUT2D eigenvalue weighted by Crippen LogP contribution is -2.63. The normalized spacial score (nSPS) is 34.9. The molecule has 0 aromatic rings. The van der Waals surface area contributed by atoms with Crippen molar-refractivity contribution < 1.29 is 9.53 Å². The molecule has 2 rings (SSSR count). The molecule has 0 aromatic carbocycles. The maximum atomic E-state index is 11.5. The molecule has 2 aliphatic rings. The topological polar surface area (TPSA) is 52.3 Å². The largest absolute Gasteiger partial charge is 0.466 e. The first-order chi connectivity index (χ1) is 6.20. The molecule has 3 heteroatoms. The van der Waals surface area contributed by atoms with Crippen molar-refractivity contribution in [3.05, 3.63) is 0 Å². The summed E-state index contributed by atoms with van der Waals surface area (Å²) in [6.07, 6.45) is 4.30. The second kappa shape index (κ2) is 2.98. The molecule has 0 aliphatic heterocycles. The van der Waals surface area contributed by atoms with Crippen LogP contribution in [0.5, 0.6) is 0 Å². The van der Waals surface area contributed by atoms with Crippen LogP contribution in [-0.4, -0.2) is 18.6 Å². The van der Waals surface area contributed by atoms with E-state index in [1.807, 2.05) is 6.92 Å². The molecular formula is C10H17NO2. The van der Waals surface area contributed by atoms with Gasteiger partial charge in [-0.05, 0) is 31.6 Å². The van der Waals surface area contributed by atoms with Crippen LogP contribution < -0.4 is 5.73 Å². The lowest BCUT2D eigenvalue weighted by atomic mass is 9.47. The summed E-state index contributed by atoms with van der Waals surface area (Å²) in [5, 5.41) is 0. The monoisotopic (exact) mass is 183 g/mol. The molecule has 2 N–H and O–H groups in total. The van der Waals surface area contributed by atoms with Crippen LogP contribution in [0.1, 0.15) is 32.6 Å². The van der Waals surface area contributed by atoms with E-state index < -0.39 is 0 Å². The number of carbonyl (C=O) groups is 1. The van der Waals surface area contributed by atoms with Gasteiger partial charge in [0.05, 0.1) is 12.5 Å². The van der Waals surface area contributed by atoms with Crippen molar-refractivity contribution in [1.82, 2.24) is 0 Å². The van der Waals surface area contributed by atoms with Crippen molar-refractivity contribution in [2.75, 3.05) is 6.61 Å². The quantitative estimate of drug-likeness (QED) is 0.651. The van der Waals surface area contributed by atoms with Crippen molar-refractivity contribution in [3.8, 4) is 0 Å². The Morgan fingerprint density at radius 1 is 1.62 bits per heavy atom. The first-order valence-electron chi connectivity index (χ1n) is 5.13. The van der Waals surface area contributed by atoms with E-state index in [-0.39, 0.29) is 23.3 Å². The Kier molecular flexibility index (Phi) is 2.06. The van der Waals surface area contributed by atoms with E-state index in [4.69, 9.17) is 10.5 Å². The third-order valence-corrected chi connectivity index (χ3v) is 3.78. The Hall–Kier alpha value is -0.570. The predicted octanol–water partition coefficient (Wildman–Crippen LogP) is 1.07. The van der Waals surface area contributed by atoms with Crippen LogP contribution in [0.25, 0.3) is 0 Å². The molecule has 0 aromatic heterocycles. The van der Waals surface area contributed by atoms with Crippen LogP contribution in [0.15, 0.2) is 0 Å². The van der Waals surface area contributed by atoms with E-state index in [0.29, 0.717) is 6.61 Å². The van der Waals surface area contributed by atoms with Crippen LogP contribution in [0.4, 0.5) is 0 Å². The number of nitrogens with two attached hydrogens (primary N) is 1. The average molecular weight is 183 g/mol. The molecule has 2 fully saturated rings. The highest BCUT2D eigenvalue weighted by atomic mass is 16.5. The van der Waals surface area contributed by atoms with Gasteiger partial charge in [0.2, 0.25) is 0 Å². The van der Waals surface area contributed by atoms with Gasteiger partial charge < -0.3 is 10.5 Å². The van der Waals surface area contributed by atoms with Gasteiger partial charge in [0.15, 0.2) is 0 Å². The Bertz CT molecular complexity index is 223. The first kappa shape index (κ1) is 9.00. The molecule has 0 heterocycles. The summed E-state index contributed by atoms with van der Waals surface area (Å²) in [6.45, 7) is 2.34. The Morgan fingerprint density at radius 3 is 2.69 bits per heavy atom. The highest BCUT2D eigenvalue weighted by Gasteiger charge is 2.59. The molecule has 3 nitrogen and oxygen atoms in total. The summed E-state index contributed by atoms with van der Waals surface area (Å²) in [5.74, 6) is 0.0834. The zero-order chi connectivity index (χ0) is 9.47. The number of esters is 1. The first-order valence-corrected chi connectivity index (χ1v) is 5.13. The van der Waals surface area contributed by atoms with Gasteiger partial charge in [-0.15, -0.1) is 0 Å². The van der Waals surface area contributed by atoms with Gasteiger partial charge in [0.25, 0.3) is 0 Å². The highest BCUT2D eigenvalue weighted by Crippen LogP contribution is 2.59. The molecule has 0 amide bonds. The molecule has 74 valence electrons. The van der Waals surface area contributed by atoms with Gasteiger partial charge in [-0.1, -0.05) is 6.42 Å². The number of hydrogen-bond donors (Lipinski definition) is 1. The van der Waals surface area contributed by atoms with Gasteiger partial charge in [-0.3, -0.25) is 4.79 Å². The minimum Gasteiger partial charge on any atom is -0.466 e. The number of hydrogen-bond acceptors (Lipinski definition) is 3. The fraction of sp³-hybridized carbons (Fsp3) is 0.900. The molecule has 0 bridgehead atoms. The van der Waals surface area contributed by atoms with Crippen LogP contribution in [0.3, 0.4) is 0 Å². The molecule has 2 aliphatic carbocycles. The summed E-state index contributed by atoms with van der Waals surface area (Å²) in [5.41, 5.74) is 6.08. The summed E-state index contributed by atoms with van der Waals surface area (Å²) in [4.78, 5) is 11.5. The van der Waals surface area contributed by atoms with Gasteiger partial charge in [0.1, 0.15) is 0 Å². The van der Waals surface area contributed by atoms with Gasteiger partial charge in [0, 0.05) is 6.04 Å². The summed E-state index contributed by atoms with van der Waals surface area (Å²) >= 11 is 0. The molecule has 13 heavy (non-hydrogen) atoms. The zero-order valence-electron chi connectivity index (χ0n) is 8.08. The zero-order valence-corrected chi connectivity index (χ0v) is 8.08. The molecule has 0 radical (unpaired) electrons. The van der Waals surface area contributed by atoms with Crippen molar-refractivity contribution in [2.24, 2.45) is 17.1 Å². The second-order valence-electron chi connectivity index (χ2n) is 4.23. The van der Waals surface area contributed by atoms with Crippen molar-refractivity contribution in [3.63, 3.8) is 0 Å². The minimum atomic E-state index is -0.0242. The van der Waals surface area contributed by atoms with Crippen LogP contribution in [0.2, 0.25) is 0 Å². The molecule has 0 saturated heterocycles. The summed E-state index contributed by atoms with van der Waals surface area (Å²) in [7, 11) is 0. The van der Waals surface area contributed by atoms with Crippen LogP contribution in [-0.2, 0) is 9.53 Å². The molecule has 2 saturated carbocycles. The molecule has 2 atom stereocenters.